The molecule has 2 aromatic rings. The summed E-state index contributed by atoms with van der Waals surface area (Å²) in [5, 5.41) is 13.3. The van der Waals surface area contributed by atoms with Crippen molar-refractivity contribution < 1.29 is 5.11 Å². The van der Waals surface area contributed by atoms with Crippen molar-refractivity contribution in [2.75, 3.05) is 6.61 Å². The van der Waals surface area contributed by atoms with E-state index in [9.17, 15) is 5.11 Å². The summed E-state index contributed by atoms with van der Waals surface area (Å²) in [4.78, 5) is 0. The lowest BCUT2D eigenvalue weighted by Crippen LogP contribution is -2.45. The Morgan fingerprint density at radius 1 is 0.952 bits per heavy atom. The molecular formula is C19H23NO. The molecule has 2 heteroatoms. The summed E-state index contributed by atoms with van der Waals surface area (Å²) in [6, 6.07) is 17.4. The fourth-order valence-corrected chi connectivity index (χ4v) is 3.12. The van der Waals surface area contributed by atoms with Gasteiger partial charge in [-0.05, 0) is 48.9 Å². The molecule has 2 nitrogen and oxygen atoms in total. The Morgan fingerprint density at radius 2 is 1.43 bits per heavy atom. The third-order valence-corrected chi connectivity index (χ3v) is 4.33. The highest BCUT2D eigenvalue weighted by atomic mass is 16.3. The van der Waals surface area contributed by atoms with Crippen molar-refractivity contribution in [2.24, 2.45) is 0 Å². The average molecular weight is 281 g/mol. The lowest BCUT2D eigenvalue weighted by atomic mass is 9.92. The van der Waals surface area contributed by atoms with Crippen LogP contribution in [-0.4, -0.2) is 17.3 Å². The van der Waals surface area contributed by atoms with E-state index in [2.05, 4.69) is 53.8 Å². The summed E-state index contributed by atoms with van der Waals surface area (Å²) in [6.45, 7) is 4.21. The van der Waals surface area contributed by atoms with Gasteiger partial charge in [0.1, 0.15) is 0 Å². The van der Waals surface area contributed by atoms with Gasteiger partial charge >= 0.3 is 0 Å². The van der Waals surface area contributed by atoms with Crippen LogP contribution >= 0.6 is 0 Å². The first-order valence-electron chi connectivity index (χ1n) is 7.65. The van der Waals surface area contributed by atoms with E-state index < -0.39 is 0 Å². The zero-order chi connectivity index (χ0) is 14.9. The van der Waals surface area contributed by atoms with Crippen LogP contribution in [0.15, 0.2) is 48.5 Å². The number of aliphatic hydroxyl groups is 1. The van der Waals surface area contributed by atoms with Gasteiger partial charge < -0.3 is 5.11 Å². The summed E-state index contributed by atoms with van der Waals surface area (Å²) < 4.78 is 0. The summed E-state index contributed by atoms with van der Waals surface area (Å²) >= 11 is 0. The van der Waals surface area contributed by atoms with Crippen molar-refractivity contribution in [3.63, 3.8) is 0 Å². The molecule has 0 amide bonds. The standard InChI is InChI=1S/C19H23NO/c1-19(2,13-21)20-18-16-9-5-3-7-14(16)11-12-15-8-4-6-10-17(15)18/h3-10,18,20-21H,11-13H2,1-2H3. The van der Waals surface area contributed by atoms with E-state index in [1.54, 1.807) is 0 Å². The number of rotatable bonds is 3. The zero-order valence-electron chi connectivity index (χ0n) is 12.8. The van der Waals surface area contributed by atoms with Crippen LogP contribution in [0, 0.1) is 0 Å². The van der Waals surface area contributed by atoms with E-state index in [4.69, 9.17) is 0 Å². The number of hydrogen-bond donors (Lipinski definition) is 2. The molecule has 0 saturated carbocycles. The van der Waals surface area contributed by atoms with Gasteiger partial charge in [-0.15, -0.1) is 0 Å². The second kappa shape index (κ2) is 5.63. The van der Waals surface area contributed by atoms with Crippen LogP contribution in [0.4, 0.5) is 0 Å². The molecule has 0 aromatic heterocycles. The molecule has 21 heavy (non-hydrogen) atoms. The molecule has 1 aliphatic carbocycles. The first-order valence-corrected chi connectivity index (χ1v) is 7.65. The van der Waals surface area contributed by atoms with E-state index in [0.717, 1.165) is 12.8 Å². The van der Waals surface area contributed by atoms with Gasteiger partial charge in [-0.3, -0.25) is 5.32 Å². The van der Waals surface area contributed by atoms with Crippen LogP contribution < -0.4 is 5.32 Å². The number of fused-ring (bicyclic) bond motifs is 2. The molecule has 0 heterocycles. The van der Waals surface area contributed by atoms with Gasteiger partial charge in [0.15, 0.2) is 0 Å². The van der Waals surface area contributed by atoms with Crippen molar-refractivity contribution in [3.8, 4) is 0 Å². The van der Waals surface area contributed by atoms with Gasteiger partial charge in [0.05, 0.1) is 12.6 Å². The first kappa shape index (κ1) is 14.3. The van der Waals surface area contributed by atoms with Crippen molar-refractivity contribution in [2.45, 2.75) is 38.3 Å². The highest BCUT2D eigenvalue weighted by Gasteiger charge is 2.28. The Morgan fingerprint density at radius 3 is 1.90 bits per heavy atom. The average Bonchev–Trinajstić information content (AvgIpc) is 2.66. The van der Waals surface area contributed by atoms with Crippen molar-refractivity contribution in [3.05, 3.63) is 70.8 Å². The number of aryl methyl sites for hydroxylation is 2. The van der Waals surface area contributed by atoms with E-state index in [0.29, 0.717) is 0 Å². The summed E-state index contributed by atoms with van der Waals surface area (Å²) in [6.07, 6.45) is 2.15. The largest absolute Gasteiger partial charge is 0.394 e. The fourth-order valence-electron chi connectivity index (χ4n) is 3.12. The van der Waals surface area contributed by atoms with E-state index in [1.807, 2.05) is 13.8 Å². The normalized spacial score (nSPS) is 15.2. The molecule has 0 bridgehead atoms. The van der Waals surface area contributed by atoms with Gasteiger partial charge in [0.2, 0.25) is 0 Å². The molecule has 0 saturated heterocycles. The number of aliphatic hydroxyl groups excluding tert-OH is 1. The summed E-state index contributed by atoms with van der Waals surface area (Å²) in [7, 11) is 0. The van der Waals surface area contributed by atoms with Crippen LogP contribution in [0.3, 0.4) is 0 Å². The topological polar surface area (TPSA) is 32.3 Å². The minimum atomic E-state index is -0.310. The quantitative estimate of drug-likeness (QED) is 0.905. The molecule has 1 aliphatic rings. The molecule has 0 radical (unpaired) electrons. The van der Waals surface area contributed by atoms with E-state index in [-0.39, 0.29) is 18.2 Å². The highest BCUT2D eigenvalue weighted by Crippen LogP contribution is 2.33. The lowest BCUT2D eigenvalue weighted by Gasteiger charge is -2.32. The predicted molar refractivity (Wildman–Crippen MR) is 86.4 cm³/mol. The van der Waals surface area contributed by atoms with Gasteiger partial charge in [0.25, 0.3) is 0 Å². The molecule has 0 spiro atoms. The maximum Gasteiger partial charge on any atom is 0.0608 e. The van der Waals surface area contributed by atoms with Gasteiger partial charge in [-0.2, -0.15) is 0 Å². The second-order valence-corrected chi connectivity index (χ2v) is 6.52. The molecule has 110 valence electrons. The van der Waals surface area contributed by atoms with Crippen molar-refractivity contribution in [1.29, 1.82) is 0 Å². The number of benzene rings is 2. The third kappa shape index (κ3) is 2.87. The third-order valence-electron chi connectivity index (χ3n) is 4.33. The number of hydrogen-bond acceptors (Lipinski definition) is 2. The van der Waals surface area contributed by atoms with Crippen LogP contribution in [0.25, 0.3) is 0 Å². The molecular weight excluding hydrogens is 258 g/mol. The molecule has 0 fully saturated rings. The smallest absolute Gasteiger partial charge is 0.0608 e. The van der Waals surface area contributed by atoms with Crippen molar-refractivity contribution >= 4 is 0 Å². The minimum absolute atomic E-state index is 0.119. The highest BCUT2D eigenvalue weighted by molar-refractivity contribution is 5.44. The van der Waals surface area contributed by atoms with Crippen LogP contribution in [-0.2, 0) is 12.8 Å². The van der Waals surface area contributed by atoms with Crippen molar-refractivity contribution in [1.82, 2.24) is 5.32 Å². The summed E-state index contributed by atoms with van der Waals surface area (Å²) in [5.41, 5.74) is 5.17. The van der Waals surface area contributed by atoms with Gasteiger partial charge in [-0.1, -0.05) is 48.5 Å². The van der Waals surface area contributed by atoms with Crippen LogP contribution in [0.5, 0.6) is 0 Å². The van der Waals surface area contributed by atoms with E-state index in [1.165, 1.54) is 22.3 Å². The molecule has 0 unspecified atom stereocenters. The van der Waals surface area contributed by atoms with E-state index >= 15 is 0 Å². The maximum atomic E-state index is 9.63. The minimum Gasteiger partial charge on any atom is -0.394 e. The Bertz CT molecular complexity index is 585. The molecule has 3 rings (SSSR count). The maximum absolute atomic E-state index is 9.63. The second-order valence-electron chi connectivity index (χ2n) is 6.52. The molecule has 0 atom stereocenters. The molecule has 2 aromatic carbocycles. The zero-order valence-corrected chi connectivity index (χ0v) is 12.8. The first-order chi connectivity index (χ1) is 10.1. The fraction of sp³-hybridized carbons (Fsp3) is 0.368. The SMILES string of the molecule is CC(C)(CO)NC1c2ccccc2CCc2ccccc21. The van der Waals surface area contributed by atoms with Gasteiger partial charge in [0, 0.05) is 5.54 Å². The summed E-state index contributed by atoms with van der Waals surface area (Å²) in [5.74, 6) is 0. The van der Waals surface area contributed by atoms with Gasteiger partial charge in [-0.25, -0.2) is 0 Å². The number of nitrogens with one attached hydrogen (secondary N) is 1. The van der Waals surface area contributed by atoms with Crippen LogP contribution in [0.1, 0.15) is 42.1 Å². The molecule has 0 aliphatic heterocycles. The Balaban J connectivity index is 2.11. The Kier molecular flexibility index (Phi) is 3.83. The molecule has 2 N–H and O–H groups in total. The Hall–Kier alpha value is -1.64. The predicted octanol–water partition coefficient (Wildman–Crippen LogP) is 3.24. The Labute approximate surface area is 126 Å². The monoisotopic (exact) mass is 281 g/mol. The lowest BCUT2D eigenvalue weighted by molar-refractivity contribution is 0.180. The van der Waals surface area contributed by atoms with Crippen LogP contribution in [0.2, 0.25) is 0 Å².